The van der Waals surface area contributed by atoms with Gasteiger partial charge in [-0.15, -0.1) is 0 Å². The SMILES string of the molecule is Cc1cc(C2CC2)nn(C)c1=O. The van der Waals surface area contributed by atoms with Crippen molar-refractivity contribution in [3.63, 3.8) is 0 Å². The highest BCUT2D eigenvalue weighted by Crippen LogP contribution is 2.38. The lowest BCUT2D eigenvalue weighted by molar-refractivity contribution is 0.672. The van der Waals surface area contributed by atoms with Gasteiger partial charge < -0.3 is 0 Å². The van der Waals surface area contributed by atoms with Gasteiger partial charge in [-0.25, -0.2) is 4.68 Å². The molecule has 0 unspecified atom stereocenters. The van der Waals surface area contributed by atoms with Crippen molar-refractivity contribution in [3.8, 4) is 0 Å². The fraction of sp³-hybridized carbons (Fsp3) is 0.556. The predicted molar refractivity (Wildman–Crippen MR) is 46.2 cm³/mol. The minimum absolute atomic E-state index is 0.0133. The Bertz CT molecular complexity index is 337. The maximum Gasteiger partial charge on any atom is 0.269 e. The second-order valence-corrected chi connectivity index (χ2v) is 3.46. The maximum atomic E-state index is 11.3. The van der Waals surface area contributed by atoms with E-state index in [4.69, 9.17) is 0 Å². The number of aromatic nitrogens is 2. The van der Waals surface area contributed by atoms with Crippen LogP contribution >= 0.6 is 0 Å². The molecule has 0 amide bonds. The van der Waals surface area contributed by atoms with Crippen molar-refractivity contribution in [1.29, 1.82) is 0 Å². The van der Waals surface area contributed by atoms with Crippen LogP contribution in [-0.2, 0) is 7.05 Å². The van der Waals surface area contributed by atoms with Crippen molar-refractivity contribution in [2.75, 3.05) is 0 Å². The van der Waals surface area contributed by atoms with E-state index in [0.717, 1.165) is 11.3 Å². The molecule has 1 heterocycles. The third-order valence-electron chi connectivity index (χ3n) is 2.26. The molecular weight excluding hydrogens is 152 g/mol. The van der Waals surface area contributed by atoms with Crippen LogP contribution < -0.4 is 5.56 Å². The van der Waals surface area contributed by atoms with Gasteiger partial charge >= 0.3 is 0 Å². The Labute approximate surface area is 71.0 Å². The summed E-state index contributed by atoms with van der Waals surface area (Å²) in [7, 11) is 1.71. The van der Waals surface area contributed by atoms with Crippen molar-refractivity contribution in [1.82, 2.24) is 9.78 Å². The first kappa shape index (κ1) is 7.53. The van der Waals surface area contributed by atoms with Gasteiger partial charge in [0.1, 0.15) is 0 Å². The Hall–Kier alpha value is -1.12. The van der Waals surface area contributed by atoms with Gasteiger partial charge in [-0.1, -0.05) is 0 Å². The zero-order chi connectivity index (χ0) is 8.72. The lowest BCUT2D eigenvalue weighted by atomic mass is 10.2. The number of hydrogen-bond donors (Lipinski definition) is 0. The maximum absolute atomic E-state index is 11.3. The van der Waals surface area contributed by atoms with E-state index in [1.807, 2.05) is 13.0 Å². The standard InChI is InChI=1S/C9H12N2O/c1-6-5-8(7-3-4-7)10-11(2)9(6)12/h5,7H,3-4H2,1-2H3. The number of aryl methyl sites for hydroxylation is 2. The van der Waals surface area contributed by atoms with Crippen LogP contribution in [0.25, 0.3) is 0 Å². The fourth-order valence-corrected chi connectivity index (χ4v) is 1.36. The molecule has 3 nitrogen and oxygen atoms in total. The van der Waals surface area contributed by atoms with Gasteiger partial charge in [0.15, 0.2) is 0 Å². The van der Waals surface area contributed by atoms with Crippen LogP contribution in [0.1, 0.15) is 30.0 Å². The summed E-state index contributed by atoms with van der Waals surface area (Å²) in [5.74, 6) is 0.621. The minimum Gasteiger partial charge on any atom is -0.268 e. The Morgan fingerprint density at radius 3 is 2.75 bits per heavy atom. The zero-order valence-electron chi connectivity index (χ0n) is 7.37. The van der Waals surface area contributed by atoms with E-state index in [-0.39, 0.29) is 5.56 Å². The molecule has 1 aliphatic rings. The molecule has 0 saturated heterocycles. The molecule has 1 fully saturated rings. The molecule has 0 atom stereocenters. The first-order valence-electron chi connectivity index (χ1n) is 4.23. The van der Waals surface area contributed by atoms with Crippen molar-refractivity contribution in [2.24, 2.45) is 7.05 Å². The zero-order valence-corrected chi connectivity index (χ0v) is 7.37. The third-order valence-corrected chi connectivity index (χ3v) is 2.26. The molecule has 0 aliphatic heterocycles. The topological polar surface area (TPSA) is 34.9 Å². The van der Waals surface area contributed by atoms with E-state index in [9.17, 15) is 4.79 Å². The summed E-state index contributed by atoms with van der Waals surface area (Å²) in [6.45, 7) is 1.84. The van der Waals surface area contributed by atoms with E-state index in [1.165, 1.54) is 17.5 Å². The third kappa shape index (κ3) is 1.15. The summed E-state index contributed by atoms with van der Waals surface area (Å²) in [4.78, 5) is 11.3. The average Bonchev–Trinajstić information content (AvgIpc) is 2.81. The highest BCUT2D eigenvalue weighted by molar-refractivity contribution is 5.18. The summed E-state index contributed by atoms with van der Waals surface area (Å²) in [5, 5.41) is 4.20. The number of hydrogen-bond acceptors (Lipinski definition) is 2. The lowest BCUT2D eigenvalue weighted by Crippen LogP contribution is -2.22. The van der Waals surface area contributed by atoms with Crippen LogP contribution in [0, 0.1) is 6.92 Å². The predicted octanol–water partition coefficient (Wildman–Crippen LogP) is 0.966. The average molecular weight is 164 g/mol. The van der Waals surface area contributed by atoms with Crippen molar-refractivity contribution in [2.45, 2.75) is 25.7 Å². The summed E-state index contributed by atoms with van der Waals surface area (Å²) in [6, 6.07) is 1.92. The van der Waals surface area contributed by atoms with Crippen molar-refractivity contribution in [3.05, 3.63) is 27.7 Å². The van der Waals surface area contributed by atoms with E-state index in [1.54, 1.807) is 7.05 Å². The summed E-state index contributed by atoms with van der Waals surface area (Å²) < 4.78 is 1.43. The molecule has 0 aromatic carbocycles. The van der Waals surface area contributed by atoms with Crippen LogP contribution in [0.15, 0.2) is 10.9 Å². The first-order chi connectivity index (χ1) is 5.68. The molecule has 3 heteroatoms. The molecule has 0 N–H and O–H groups in total. The molecular formula is C9H12N2O. The van der Waals surface area contributed by atoms with Gasteiger partial charge in [-0.2, -0.15) is 5.10 Å². The second-order valence-electron chi connectivity index (χ2n) is 3.46. The summed E-state index contributed by atoms with van der Waals surface area (Å²) >= 11 is 0. The molecule has 0 spiro atoms. The molecule has 1 aromatic rings. The Morgan fingerprint density at radius 2 is 2.25 bits per heavy atom. The number of rotatable bonds is 1. The van der Waals surface area contributed by atoms with Gasteiger partial charge in [0, 0.05) is 18.5 Å². The summed E-state index contributed by atoms with van der Waals surface area (Å²) in [5.41, 5.74) is 1.89. The minimum atomic E-state index is 0.0133. The lowest BCUT2D eigenvalue weighted by Gasteiger charge is -2.02. The molecule has 1 aliphatic carbocycles. The quantitative estimate of drug-likeness (QED) is 0.619. The Morgan fingerprint density at radius 1 is 1.58 bits per heavy atom. The molecule has 12 heavy (non-hydrogen) atoms. The molecule has 1 saturated carbocycles. The van der Waals surface area contributed by atoms with Crippen molar-refractivity contribution < 1.29 is 0 Å². The van der Waals surface area contributed by atoms with Crippen LogP contribution in [0.3, 0.4) is 0 Å². The van der Waals surface area contributed by atoms with Gasteiger partial charge in [-0.3, -0.25) is 4.79 Å². The van der Waals surface area contributed by atoms with E-state index >= 15 is 0 Å². The van der Waals surface area contributed by atoms with Crippen LogP contribution in [0.4, 0.5) is 0 Å². The highest BCUT2D eigenvalue weighted by Gasteiger charge is 2.25. The largest absolute Gasteiger partial charge is 0.269 e. The molecule has 1 aromatic heterocycles. The molecule has 2 rings (SSSR count). The van der Waals surface area contributed by atoms with Crippen molar-refractivity contribution >= 4 is 0 Å². The summed E-state index contributed by atoms with van der Waals surface area (Å²) in [6.07, 6.45) is 2.45. The Kier molecular flexibility index (Phi) is 1.53. The molecule has 0 radical (unpaired) electrons. The van der Waals surface area contributed by atoms with E-state index < -0.39 is 0 Å². The smallest absolute Gasteiger partial charge is 0.268 e. The van der Waals surface area contributed by atoms with E-state index in [0.29, 0.717) is 5.92 Å². The molecule has 64 valence electrons. The first-order valence-corrected chi connectivity index (χ1v) is 4.23. The van der Waals surface area contributed by atoms with Gasteiger partial charge in [0.2, 0.25) is 0 Å². The van der Waals surface area contributed by atoms with Crippen LogP contribution in [-0.4, -0.2) is 9.78 Å². The van der Waals surface area contributed by atoms with Gasteiger partial charge in [0.05, 0.1) is 5.69 Å². The van der Waals surface area contributed by atoms with Gasteiger partial charge in [-0.05, 0) is 25.8 Å². The van der Waals surface area contributed by atoms with Crippen LogP contribution in [0.2, 0.25) is 0 Å². The highest BCUT2D eigenvalue weighted by atomic mass is 16.1. The molecule has 0 bridgehead atoms. The van der Waals surface area contributed by atoms with Crippen LogP contribution in [0.5, 0.6) is 0 Å². The Balaban J connectivity index is 2.53. The fourth-order valence-electron chi connectivity index (χ4n) is 1.36. The monoisotopic (exact) mass is 164 g/mol. The number of nitrogens with zero attached hydrogens (tertiary/aromatic N) is 2. The normalized spacial score (nSPS) is 16.5. The second kappa shape index (κ2) is 2.44. The van der Waals surface area contributed by atoms with Gasteiger partial charge in [0.25, 0.3) is 5.56 Å². The van der Waals surface area contributed by atoms with E-state index in [2.05, 4.69) is 5.10 Å².